The second kappa shape index (κ2) is 6.33. The first-order chi connectivity index (χ1) is 9.33. The van der Waals surface area contributed by atoms with Gasteiger partial charge in [-0.05, 0) is 25.7 Å². The van der Waals surface area contributed by atoms with E-state index in [0.29, 0.717) is 6.04 Å². The van der Waals surface area contributed by atoms with Crippen LogP contribution in [0.3, 0.4) is 0 Å². The monoisotopic (exact) mass is 279 g/mol. The third-order valence-electron chi connectivity index (χ3n) is 4.67. The Kier molecular flexibility index (Phi) is 4.51. The van der Waals surface area contributed by atoms with Gasteiger partial charge in [0, 0.05) is 36.8 Å². The van der Waals surface area contributed by atoms with Crippen molar-refractivity contribution in [3.63, 3.8) is 0 Å². The number of hydrogen-bond donors (Lipinski definition) is 1. The van der Waals surface area contributed by atoms with Crippen molar-refractivity contribution in [2.45, 2.75) is 57.7 Å². The molecule has 2 fully saturated rings. The molecule has 0 amide bonds. The highest BCUT2D eigenvalue weighted by Crippen LogP contribution is 2.31. The highest BCUT2D eigenvalue weighted by atomic mass is 32.1. The molecule has 1 aromatic heterocycles. The fraction of sp³-hybridized carbons (Fsp3) is 0.800. The van der Waals surface area contributed by atoms with E-state index in [2.05, 4.69) is 27.5 Å². The van der Waals surface area contributed by atoms with E-state index in [9.17, 15) is 0 Å². The molecule has 3 nitrogen and oxygen atoms in total. The van der Waals surface area contributed by atoms with Gasteiger partial charge in [0.15, 0.2) is 0 Å². The summed E-state index contributed by atoms with van der Waals surface area (Å²) in [6.45, 7) is 5.68. The van der Waals surface area contributed by atoms with Crippen LogP contribution in [0.5, 0.6) is 0 Å². The second-order valence-electron chi connectivity index (χ2n) is 6.13. The number of piperazine rings is 1. The SMILES string of the molecule is CC1CN(Cc2nccs2)C(C2CCCCC2)CN1. The van der Waals surface area contributed by atoms with Crippen LogP contribution < -0.4 is 5.32 Å². The van der Waals surface area contributed by atoms with Crippen LogP contribution in [-0.4, -0.2) is 35.1 Å². The van der Waals surface area contributed by atoms with Gasteiger partial charge in [0.1, 0.15) is 5.01 Å². The Bertz CT molecular complexity index is 373. The van der Waals surface area contributed by atoms with Crippen molar-refractivity contribution < 1.29 is 0 Å². The quantitative estimate of drug-likeness (QED) is 0.922. The molecule has 0 radical (unpaired) electrons. The number of aromatic nitrogens is 1. The van der Waals surface area contributed by atoms with E-state index in [-0.39, 0.29) is 0 Å². The van der Waals surface area contributed by atoms with E-state index in [4.69, 9.17) is 0 Å². The minimum absolute atomic E-state index is 0.611. The lowest BCUT2D eigenvalue weighted by molar-refractivity contribution is 0.0688. The molecule has 0 bridgehead atoms. The highest BCUT2D eigenvalue weighted by molar-refractivity contribution is 7.09. The largest absolute Gasteiger partial charge is 0.311 e. The maximum Gasteiger partial charge on any atom is 0.107 e. The van der Waals surface area contributed by atoms with Gasteiger partial charge >= 0.3 is 0 Å². The van der Waals surface area contributed by atoms with Gasteiger partial charge in [-0.1, -0.05) is 19.3 Å². The molecule has 1 saturated carbocycles. The van der Waals surface area contributed by atoms with Crippen LogP contribution in [0.15, 0.2) is 11.6 Å². The zero-order valence-corrected chi connectivity index (χ0v) is 12.7. The average molecular weight is 279 g/mol. The van der Waals surface area contributed by atoms with Crippen LogP contribution in [0.1, 0.15) is 44.0 Å². The van der Waals surface area contributed by atoms with E-state index >= 15 is 0 Å². The van der Waals surface area contributed by atoms with Gasteiger partial charge in [-0.2, -0.15) is 0 Å². The van der Waals surface area contributed by atoms with Crippen LogP contribution in [0.4, 0.5) is 0 Å². The molecule has 3 rings (SSSR count). The number of nitrogens with one attached hydrogen (secondary N) is 1. The van der Waals surface area contributed by atoms with Crippen LogP contribution in [0.2, 0.25) is 0 Å². The lowest BCUT2D eigenvalue weighted by Crippen LogP contribution is -2.57. The molecular formula is C15H25N3S. The molecule has 1 saturated heterocycles. The van der Waals surface area contributed by atoms with E-state index in [0.717, 1.165) is 25.0 Å². The van der Waals surface area contributed by atoms with Gasteiger partial charge < -0.3 is 5.32 Å². The predicted octanol–water partition coefficient (Wildman–Crippen LogP) is 2.89. The Morgan fingerprint density at radius 3 is 2.95 bits per heavy atom. The number of thiazole rings is 1. The van der Waals surface area contributed by atoms with E-state index in [1.54, 1.807) is 11.3 Å². The lowest BCUT2D eigenvalue weighted by Gasteiger charge is -2.44. The lowest BCUT2D eigenvalue weighted by atomic mass is 9.82. The summed E-state index contributed by atoms with van der Waals surface area (Å²) in [4.78, 5) is 7.16. The maximum absolute atomic E-state index is 4.47. The summed E-state index contributed by atoms with van der Waals surface area (Å²) >= 11 is 1.79. The molecule has 1 aliphatic carbocycles. The summed E-state index contributed by atoms with van der Waals surface area (Å²) in [6.07, 6.45) is 9.09. The van der Waals surface area contributed by atoms with Gasteiger partial charge in [-0.25, -0.2) is 4.98 Å². The third-order valence-corrected chi connectivity index (χ3v) is 5.43. The minimum Gasteiger partial charge on any atom is -0.311 e. The van der Waals surface area contributed by atoms with Gasteiger partial charge in [-0.15, -0.1) is 11.3 Å². The molecule has 2 unspecified atom stereocenters. The molecule has 1 N–H and O–H groups in total. The first-order valence-corrected chi connectivity index (χ1v) is 8.56. The molecule has 0 aromatic carbocycles. The molecule has 4 heteroatoms. The van der Waals surface area contributed by atoms with Crippen molar-refractivity contribution in [3.8, 4) is 0 Å². The number of rotatable bonds is 3. The standard InChI is InChI=1S/C15H25N3S/c1-12-10-18(11-15-16-7-8-19-15)14(9-17-12)13-5-3-2-4-6-13/h7-8,12-14,17H,2-6,9-11H2,1H3. The first-order valence-electron chi connectivity index (χ1n) is 7.69. The van der Waals surface area contributed by atoms with Crippen molar-refractivity contribution in [1.29, 1.82) is 0 Å². The Hall–Kier alpha value is -0.450. The molecule has 2 aliphatic rings. The summed E-state index contributed by atoms with van der Waals surface area (Å²) in [5.41, 5.74) is 0. The van der Waals surface area contributed by atoms with Crippen molar-refractivity contribution in [3.05, 3.63) is 16.6 Å². The van der Waals surface area contributed by atoms with Crippen LogP contribution in [0, 0.1) is 5.92 Å². The van der Waals surface area contributed by atoms with Crippen molar-refractivity contribution in [1.82, 2.24) is 15.2 Å². The maximum atomic E-state index is 4.47. The predicted molar refractivity (Wildman–Crippen MR) is 80.4 cm³/mol. The van der Waals surface area contributed by atoms with Gasteiger partial charge in [0.2, 0.25) is 0 Å². The van der Waals surface area contributed by atoms with E-state index in [1.807, 2.05) is 6.20 Å². The summed E-state index contributed by atoms with van der Waals surface area (Å²) in [7, 11) is 0. The molecule has 1 aliphatic heterocycles. The highest BCUT2D eigenvalue weighted by Gasteiger charge is 2.32. The normalized spacial score (nSPS) is 30.6. The van der Waals surface area contributed by atoms with Crippen molar-refractivity contribution >= 4 is 11.3 Å². The Morgan fingerprint density at radius 1 is 1.37 bits per heavy atom. The van der Waals surface area contributed by atoms with Gasteiger partial charge in [0.25, 0.3) is 0 Å². The molecule has 2 atom stereocenters. The zero-order valence-electron chi connectivity index (χ0n) is 11.8. The molecule has 0 spiro atoms. The number of nitrogens with zero attached hydrogens (tertiary/aromatic N) is 2. The van der Waals surface area contributed by atoms with Crippen LogP contribution in [-0.2, 0) is 6.54 Å². The Balaban J connectivity index is 1.68. The second-order valence-corrected chi connectivity index (χ2v) is 7.11. The summed E-state index contributed by atoms with van der Waals surface area (Å²) in [5, 5.41) is 7.05. The Morgan fingerprint density at radius 2 is 2.21 bits per heavy atom. The summed E-state index contributed by atoms with van der Waals surface area (Å²) in [6, 6.07) is 1.33. The van der Waals surface area contributed by atoms with Gasteiger partial charge in [-0.3, -0.25) is 4.90 Å². The van der Waals surface area contributed by atoms with E-state index < -0.39 is 0 Å². The smallest absolute Gasteiger partial charge is 0.107 e. The molecule has 106 valence electrons. The summed E-state index contributed by atoms with van der Waals surface area (Å²) in [5.74, 6) is 0.897. The fourth-order valence-corrected chi connectivity index (χ4v) is 4.31. The van der Waals surface area contributed by atoms with Crippen LogP contribution in [0.25, 0.3) is 0 Å². The first kappa shape index (κ1) is 13.5. The average Bonchev–Trinajstić information content (AvgIpc) is 2.93. The topological polar surface area (TPSA) is 28.2 Å². The van der Waals surface area contributed by atoms with Gasteiger partial charge in [0.05, 0.1) is 6.54 Å². The molecule has 19 heavy (non-hydrogen) atoms. The van der Waals surface area contributed by atoms with Crippen LogP contribution >= 0.6 is 11.3 Å². The zero-order chi connectivity index (χ0) is 13.1. The molecule has 2 heterocycles. The Labute approximate surface area is 120 Å². The summed E-state index contributed by atoms with van der Waals surface area (Å²) < 4.78 is 0. The van der Waals surface area contributed by atoms with Crippen molar-refractivity contribution in [2.75, 3.05) is 13.1 Å². The van der Waals surface area contributed by atoms with Crippen molar-refractivity contribution in [2.24, 2.45) is 5.92 Å². The number of hydrogen-bond acceptors (Lipinski definition) is 4. The molecule has 1 aromatic rings. The third kappa shape index (κ3) is 3.36. The minimum atomic E-state index is 0.611. The molecular weight excluding hydrogens is 254 g/mol. The fourth-order valence-electron chi connectivity index (χ4n) is 3.67. The van der Waals surface area contributed by atoms with E-state index in [1.165, 1.54) is 43.7 Å².